The number of fused-ring (bicyclic) bond motifs is 1. The third-order valence-electron chi connectivity index (χ3n) is 5.78. The van der Waals surface area contributed by atoms with E-state index in [1.54, 1.807) is 0 Å². The number of amides is 1. The molecule has 0 bridgehead atoms. The quantitative estimate of drug-likeness (QED) is 0.754. The molecule has 2 atom stereocenters. The molecule has 26 heavy (non-hydrogen) atoms. The maximum absolute atomic E-state index is 12.6. The van der Waals surface area contributed by atoms with E-state index in [9.17, 15) is 9.90 Å². The number of aliphatic hydroxyl groups is 1. The lowest BCUT2D eigenvalue weighted by molar-refractivity contribution is -0.121. The van der Waals surface area contributed by atoms with Crippen LogP contribution in [0.1, 0.15) is 18.4 Å². The van der Waals surface area contributed by atoms with Gasteiger partial charge in [0.2, 0.25) is 5.91 Å². The van der Waals surface area contributed by atoms with Crippen molar-refractivity contribution in [1.82, 2.24) is 15.2 Å². The third-order valence-corrected chi connectivity index (χ3v) is 5.78. The van der Waals surface area contributed by atoms with Crippen molar-refractivity contribution in [3.63, 3.8) is 0 Å². The molecule has 2 fully saturated rings. The van der Waals surface area contributed by atoms with Gasteiger partial charge in [-0.05, 0) is 24.5 Å². The number of carbonyl (C=O) groups excluding carboxylic acids is 1. The van der Waals surface area contributed by atoms with Crippen LogP contribution in [0, 0.1) is 5.92 Å². The Kier molecular flexibility index (Phi) is 5.24. The van der Waals surface area contributed by atoms with E-state index in [2.05, 4.69) is 15.2 Å². The molecular weight excluding hydrogens is 330 g/mol. The molecule has 140 valence electrons. The molecule has 4 rings (SSSR count). The molecule has 1 aromatic heterocycles. The van der Waals surface area contributed by atoms with Crippen molar-refractivity contribution in [1.29, 1.82) is 0 Å². The lowest BCUT2D eigenvalue weighted by atomic mass is 10.0. The monoisotopic (exact) mass is 357 g/mol. The van der Waals surface area contributed by atoms with Crippen LogP contribution in [-0.2, 0) is 16.0 Å². The van der Waals surface area contributed by atoms with Gasteiger partial charge in [0.1, 0.15) is 0 Å². The molecule has 0 unspecified atom stereocenters. The van der Waals surface area contributed by atoms with Crippen LogP contribution in [0.2, 0.25) is 0 Å². The lowest BCUT2D eigenvalue weighted by Crippen LogP contribution is -2.43. The van der Waals surface area contributed by atoms with Crippen LogP contribution in [0.4, 0.5) is 0 Å². The number of nitrogens with zero attached hydrogens (tertiary/aromatic N) is 1. The molecule has 2 aromatic rings. The van der Waals surface area contributed by atoms with E-state index in [-0.39, 0.29) is 24.5 Å². The first-order valence-corrected chi connectivity index (χ1v) is 9.51. The molecule has 2 saturated heterocycles. The fourth-order valence-electron chi connectivity index (χ4n) is 4.31. The number of para-hydroxylation sites is 1. The first kappa shape index (κ1) is 17.5. The number of carbonyl (C=O) groups is 1. The average molecular weight is 357 g/mol. The first-order chi connectivity index (χ1) is 12.7. The summed E-state index contributed by atoms with van der Waals surface area (Å²) in [7, 11) is 0. The number of hydrogen-bond acceptors (Lipinski definition) is 4. The van der Waals surface area contributed by atoms with E-state index in [0.29, 0.717) is 12.5 Å². The molecule has 6 nitrogen and oxygen atoms in total. The van der Waals surface area contributed by atoms with Crippen LogP contribution in [0.25, 0.3) is 10.9 Å². The van der Waals surface area contributed by atoms with Crippen molar-refractivity contribution in [2.45, 2.75) is 31.3 Å². The fourth-order valence-corrected chi connectivity index (χ4v) is 4.31. The number of likely N-dealkylation sites (tertiary alicyclic amines) is 1. The first-order valence-electron chi connectivity index (χ1n) is 9.51. The molecule has 3 N–H and O–H groups in total. The van der Waals surface area contributed by atoms with E-state index < -0.39 is 0 Å². The Morgan fingerprint density at radius 3 is 2.88 bits per heavy atom. The second-order valence-corrected chi connectivity index (χ2v) is 7.45. The van der Waals surface area contributed by atoms with Crippen molar-refractivity contribution in [2.75, 3.05) is 32.9 Å². The Labute approximate surface area is 153 Å². The zero-order chi connectivity index (χ0) is 17.9. The molecule has 3 heterocycles. The van der Waals surface area contributed by atoms with Gasteiger partial charge in [-0.1, -0.05) is 18.2 Å². The summed E-state index contributed by atoms with van der Waals surface area (Å²) in [4.78, 5) is 18.2. The summed E-state index contributed by atoms with van der Waals surface area (Å²) in [5.41, 5.74) is 2.06. The minimum Gasteiger partial charge on any atom is -0.396 e. The van der Waals surface area contributed by atoms with Gasteiger partial charge in [-0.25, -0.2) is 0 Å². The molecule has 2 aliphatic rings. The Balaban J connectivity index is 1.38. The van der Waals surface area contributed by atoms with Crippen LogP contribution in [0.3, 0.4) is 0 Å². The zero-order valence-electron chi connectivity index (χ0n) is 15.0. The van der Waals surface area contributed by atoms with Crippen LogP contribution >= 0.6 is 0 Å². The minimum absolute atomic E-state index is 0.0144. The Bertz CT molecular complexity index is 754. The number of aromatic nitrogens is 1. The highest BCUT2D eigenvalue weighted by atomic mass is 16.5. The molecule has 0 spiro atoms. The van der Waals surface area contributed by atoms with Crippen LogP contribution in [0.15, 0.2) is 30.5 Å². The van der Waals surface area contributed by atoms with Crippen LogP contribution in [-0.4, -0.2) is 65.9 Å². The molecule has 1 aromatic carbocycles. The maximum Gasteiger partial charge on any atom is 0.224 e. The Morgan fingerprint density at radius 2 is 2.08 bits per heavy atom. The molecule has 1 amide bonds. The number of nitrogens with one attached hydrogen (secondary N) is 2. The van der Waals surface area contributed by atoms with Gasteiger partial charge in [-0.15, -0.1) is 0 Å². The SMILES string of the molecule is O=C(Cc1c[nH]c2ccccc12)N[C@@H]1CN(C2CCOCC2)C[C@H]1CO. The molecular formula is C20H27N3O3. The van der Waals surface area contributed by atoms with Gasteiger partial charge >= 0.3 is 0 Å². The summed E-state index contributed by atoms with van der Waals surface area (Å²) in [5, 5.41) is 14.0. The van der Waals surface area contributed by atoms with Gasteiger partial charge in [0.25, 0.3) is 0 Å². The van der Waals surface area contributed by atoms with Gasteiger partial charge in [0, 0.05) is 68.0 Å². The van der Waals surface area contributed by atoms with Crippen molar-refractivity contribution in [2.24, 2.45) is 5.92 Å². The van der Waals surface area contributed by atoms with Crippen molar-refractivity contribution in [3.8, 4) is 0 Å². The normalized spacial score (nSPS) is 25.0. The number of aliphatic hydroxyl groups excluding tert-OH is 1. The van der Waals surface area contributed by atoms with Gasteiger partial charge in [-0.3, -0.25) is 9.69 Å². The predicted molar refractivity (Wildman–Crippen MR) is 99.9 cm³/mol. The number of ether oxygens (including phenoxy) is 1. The van der Waals surface area contributed by atoms with Gasteiger partial charge in [-0.2, -0.15) is 0 Å². The van der Waals surface area contributed by atoms with E-state index in [1.807, 2.05) is 30.5 Å². The van der Waals surface area contributed by atoms with Crippen molar-refractivity contribution >= 4 is 16.8 Å². The van der Waals surface area contributed by atoms with Crippen molar-refractivity contribution < 1.29 is 14.6 Å². The van der Waals surface area contributed by atoms with E-state index in [1.165, 1.54) is 0 Å². The van der Waals surface area contributed by atoms with E-state index in [4.69, 9.17) is 4.74 Å². The molecule has 0 radical (unpaired) electrons. The summed E-state index contributed by atoms with van der Waals surface area (Å²) < 4.78 is 5.45. The van der Waals surface area contributed by atoms with E-state index >= 15 is 0 Å². The highest BCUT2D eigenvalue weighted by molar-refractivity contribution is 5.88. The highest BCUT2D eigenvalue weighted by Crippen LogP contribution is 2.24. The predicted octanol–water partition coefficient (Wildman–Crippen LogP) is 1.30. The Morgan fingerprint density at radius 1 is 1.27 bits per heavy atom. The number of aromatic amines is 1. The highest BCUT2D eigenvalue weighted by Gasteiger charge is 2.37. The zero-order valence-corrected chi connectivity index (χ0v) is 15.0. The molecule has 2 aliphatic heterocycles. The fraction of sp³-hybridized carbons (Fsp3) is 0.550. The Hall–Kier alpha value is -1.89. The number of benzene rings is 1. The standard InChI is InChI=1S/C20H27N3O3/c24-13-15-11-23(16-5-7-26-8-6-16)12-19(15)22-20(25)9-14-10-21-18-4-2-1-3-17(14)18/h1-4,10,15-16,19,21,24H,5-9,11-13H2,(H,22,25)/t15-,19+/m0/s1. The molecule has 6 heteroatoms. The summed E-state index contributed by atoms with van der Waals surface area (Å²) in [6, 6.07) is 8.54. The third kappa shape index (κ3) is 3.63. The van der Waals surface area contributed by atoms with Gasteiger partial charge in [0.05, 0.1) is 6.42 Å². The van der Waals surface area contributed by atoms with Crippen LogP contribution in [0.5, 0.6) is 0 Å². The summed E-state index contributed by atoms with van der Waals surface area (Å²) in [6.07, 6.45) is 4.34. The summed E-state index contributed by atoms with van der Waals surface area (Å²) in [5.74, 6) is 0.122. The topological polar surface area (TPSA) is 77.6 Å². The number of H-pyrrole nitrogens is 1. The summed E-state index contributed by atoms with van der Waals surface area (Å²) in [6.45, 7) is 3.39. The van der Waals surface area contributed by atoms with Crippen molar-refractivity contribution in [3.05, 3.63) is 36.0 Å². The minimum atomic E-state index is 0.0144. The maximum atomic E-state index is 12.6. The van der Waals surface area contributed by atoms with Crippen LogP contribution < -0.4 is 5.32 Å². The molecule has 0 aliphatic carbocycles. The van der Waals surface area contributed by atoms with Gasteiger partial charge < -0.3 is 20.1 Å². The largest absolute Gasteiger partial charge is 0.396 e. The average Bonchev–Trinajstić information content (AvgIpc) is 3.27. The smallest absolute Gasteiger partial charge is 0.224 e. The second kappa shape index (κ2) is 7.78. The van der Waals surface area contributed by atoms with Gasteiger partial charge in [0.15, 0.2) is 0 Å². The summed E-state index contributed by atoms with van der Waals surface area (Å²) >= 11 is 0. The second-order valence-electron chi connectivity index (χ2n) is 7.45. The molecule has 0 saturated carbocycles. The lowest BCUT2D eigenvalue weighted by Gasteiger charge is -2.31. The number of hydrogen-bond donors (Lipinski definition) is 3. The van der Waals surface area contributed by atoms with E-state index in [0.717, 1.165) is 55.6 Å². The number of rotatable bonds is 5.